The molecule has 3 atom stereocenters. The van der Waals surface area contributed by atoms with Crippen molar-refractivity contribution < 1.29 is 4.42 Å². The van der Waals surface area contributed by atoms with Gasteiger partial charge in [0.15, 0.2) is 5.58 Å². The van der Waals surface area contributed by atoms with Crippen molar-refractivity contribution >= 4 is 122 Å². The molecule has 6 heterocycles. The fourth-order valence-electron chi connectivity index (χ4n) is 17.4. The third-order valence-corrected chi connectivity index (χ3v) is 23.5. The second kappa shape index (κ2) is 14.7. The SMILES string of the molecule is Cc1cc2c3cc1N1c4cc(cc5c4B(c4cc6c(cc4N5c4cccc5c4oc4ccccc45)C(C)(C)CCC6(C)C)c4c1ccc1c4sc4ccccc41)N1c4cc(ccc4C4(C)CCCCC14C)C3(C)CCC2(C)C. The lowest BCUT2D eigenvalue weighted by Gasteiger charge is -2.51. The van der Waals surface area contributed by atoms with Crippen molar-refractivity contribution in [2.24, 2.45) is 0 Å². The predicted octanol–water partition coefficient (Wildman–Crippen LogP) is 18.1. The molecule has 7 aliphatic rings. The van der Waals surface area contributed by atoms with Crippen molar-refractivity contribution in [3.05, 3.63) is 172 Å². The summed E-state index contributed by atoms with van der Waals surface area (Å²) in [5.74, 6) is 0. The van der Waals surface area contributed by atoms with Gasteiger partial charge in [0.25, 0.3) is 6.71 Å². The van der Waals surface area contributed by atoms with Gasteiger partial charge in [-0.3, -0.25) is 0 Å². The molecule has 10 aromatic rings. The number of rotatable bonds is 1. The molecule has 2 aromatic heterocycles. The van der Waals surface area contributed by atoms with E-state index in [1.807, 2.05) is 11.3 Å². The summed E-state index contributed by atoms with van der Waals surface area (Å²) in [5, 5.41) is 5.00. The first-order chi connectivity index (χ1) is 37.4. The molecule has 3 unspecified atom stereocenters. The van der Waals surface area contributed by atoms with Crippen molar-refractivity contribution in [3.8, 4) is 0 Å². The minimum absolute atomic E-state index is 0.00208. The molecule has 386 valence electrons. The van der Waals surface area contributed by atoms with Crippen LogP contribution in [-0.2, 0) is 27.1 Å². The van der Waals surface area contributed by atoms with Crippen LogP contribution >= 0.6 is 11.3 Å². The van der Waals surface area contributed by atoms with Crippen LogP contribution in [0.1, 0.15) is 153 Å². The number of para-hydroxylation sites is 2. The molecule has 78 heavy (non-hydrogen) atoms. The van der Waals surface area contributed by atoms with Crippen molar-refractivity contribution in [2.45, 2.75) is 153 Å². The Hall–Kier alpha value is -6.76. The van der Waals surface area contributed by atoms with Gasteiger partial charge >= 0.3 is 0 Å². The van der Waals surface area contributed by atoms with Crippen LogP contribution in [0.4, 0.5) is 45.5 Å². The molecule has 0 amide bonds. The summed E-state index contributed by atoms with van der Waals surface area (Å²) in [7, 11) is 0. The molecular weight excluding hydrogens is 966 g/mol. The quantitative estimate of drug-likeness (QED) is 0.153. The molecule has 0 saturated heterocycles. The van der Waals surface area contributed by atoms with Crippen LogP contribution < -0.4 is 31.1 Å². The summed E-state index contributed by atoms with van der Waals surface area (Å²) < 4.78 is 9.94. The normalized spacial score (nSPS) is 24.2. The van der Waals surface area contributed by atoms with Crippen molar-refractivity contribution in [1.82, 2.24) is 0 Å². The van der Waals surface area contributed by atoms with E-state index in [2.05, 4.69) is 217 Å². The summed E-state index contributed by atoms with van der Waals surface area (Å²) in [6.45, 7) is 25.2. The molecule has 6 heteroatoms. The maximum atomic E-state index is 7.20. The number of furan rings is 1. The summed E-state index contributed by atoms with van der Waals surface area (Å²) >= 11 is 2.00. The lowest BCUT2D eigenvalue weighted by atomic mass is 9.33. The van der Waals surface area contributed by atoms with Gasteiger partial charge in [0, 0.05) is 76.2 Å². The molecule has 3 aliphatic carbocycles. The predicted molar refractivity (Wildman–Crippen MR) is 332 cm³/mol. The highest BCUT2D eigenvalue weighted by molar-refractivity contribution is 7.28. The van der Waals surface area contributed by atoms with Crippen molar-refractivity contribution in [3.63, 3.8) is 0 Å². The van der Waals surface area contributed by atoms with Gasteiger partial charge in [0.2, 0.25) is 0 Å². The monoisotopic (exact) mass is 1030 g/mol. The van der Waals surface area contributed by atoms with Crippen LogP contribution in [0.2, 0.25) is 0 Å². The first-order valence-electron chi connectivity index (χ1n) is 29.3. The Morgan fingerprint density at radius 2 is 1.14 bits per heavy atom. The zero-order chi connectivity index (χ0) is 52.9. The van der Waals surface area contributed by atoms with E-state index in [1.54, 1.807) is 0 Å². The summed E-state index contributed by atoms with van der Waals surface area (Å²) in [6.07, 6.45) is 9.31. The van der Waals surface area contributed by atoms with Gasteiger partial charge in [0.1, 0.15) is 5.58 Å². The Balaban J connectivity index is 1.09. The maximum absolute atomic E-state index is 7.20. The molecule has 0 spiro atoms. The molecule has 1 fully saturated rings. The number of aryl methyl sites for hydroxylation is 1. The highest BCUT2D eigenvalue weighted by Gasteiger charge is 2.59. The lowest BCUT2D eigenvalue weighted by molar-refractivity contribution is 0.195. The fraction of sp³-hybridized carbons (Fsp3) is 0.333. The smallest absolute Gasteiger partial charge is 0.254 e. The standard InChI is InChI=1S/C72H68BN3OS/c1-41-34-49-52-40-56(41)74-54-27-25-47-45-19-12-14-23-62(45)78-66(47)64(54)73-53-38-50-51(68(4,5)31-30-67(50,2)3)39-58(53)75(55-21-17-20-46-44-18-11-13-22-61(44)77-65(46)55)60-37-43(36-59(74)63(60)73)76-57-35-42(70(52,8)33-32-69(49,6)7)24-26-48(57)71(9)28-15-16-29-72(71,76)10/h11-14,17-27,34-40H,15-16,28-33H2,1-10H3. The molecule has 0 N–H and O–H groups in total. The van der Waals surface area contributed by atoms with E-state index >= 15 is 0 Å². The molecule has 1 saturated carbocycles. The summed E-state index contributed by atoms with van der Waals surface area (Å²) in [6, 6.07) is 53.6. The fourth-order valence-corrected chi connectivity index (χ4v) is 18.7. The van der Waals surface area contributed by atoms with Crippen LogP contribution in [0.5, 0.6) is 0 Å². The summed E-state index contributed by atoms with van der Waals surface area (Å²) in [4.78, 5) is 8.38. The molecular formula is C72H68BN3OS. The van der Waals surface area contributed by atoms with Crippen molar-refractivity contribution in [1.29, 1.82) is 0 Å². The van der Waals surface area contributed by atoms with E-state index in [4.69, 9.17) is 4.42 Å². The third-order valence-electron chi connectivity index (χ3n) is 22.3. The third kappa shape index (κ3) is 5.54. The van der Waals surface area contributed by atoms with Gasteiger partial charge in [-0.05, 0) is 184 Å². The van der Waals surface area contributed by atoms with E-state index in [0.717, 1.165) is 59.7 Å². The molecule has 6 bridgehead atoms. The Morgan fingerprint density at radius 3 is 1.94 bits per heavy atom. The van der Waals surface area contributed by atoms with Gasteiger partial charge in [-0.25, -0.2) is 0 Å². The molecule has 4 aliphatic heterocycles. The van der Waals surface area contributed by atoms with Gasteiger partial charge < -0.3 is 19.1 Å². The Bertz CT molecular complexity index is 4380. The van der Waals surface area contributed by atoms with Crippen molar-refractivity contribution in [2.75, 3.05) is 14.7 Å². The topological polar surface area (TPSA) is 22.9 Å². The van der Waals surface area contributed by atoms with Gasteiger partial charge in [-0.2, -0.15) is 0 Å². The van der Waals surface area contributed by atoms with Crippen LogP contribution in [0.15, 0.2) is 138 Å². The number of hydrogen-bond acceptors (Lipinski definition) is 5. The number of fused-ring (bicyclic) bond motifs is 22. The molecule has 8 aromatic carbocycles. The number of benzene rings is 8. The second-order valence-electron chi connectivity index (χ2n) is 27.7. The second-order valence-corrected chi connectivity index (χ2v) is 28.8. The van der Waals surface area contributed by atoms with Crippen LogP contribution in [0, 0.1) is 6.92 Å². The zero-order valence-corrected chi connectivity index (χ0v) is 47.9. The first kappa shape index (κ1) is 46.2. The average molecular weight is 1030 g/mol. The number of thiophene rings is 1. The van der Waals surface area contributed by atoms with Crippen LogP contribution in [0.3, 0.4) is 0 Å². The average Bonchev–Trinajstić information content (AvgIpc) is 4.14. The molecule has 0 radical (unpaired) electrons. The van der Waals surface area contributed by atoms with Gasteiger partial charge in [-0.1, -0.05) is 147 Å². The highest BCUT2D eigenvalue weighted by atomic mass is 32.1. The highest BCUT2D eigenvalue weighted by Crippen LogP contribution is 2.64. The zero-order valence-electron chi connectivity index (χ0n) is 47.1. The largest absolute Gasteiger partial charge is 0.454 e. The van der Waals surface area contributed by atoms with E-state index < -0.39 is 0 Å². The minimum atomic E-state index is -0.187. The van der Waals surface area contributed by atoms with Gasteiger partial charge in [0.05, 0.1) is 11.2 Å². The Kier molecular flexibility index (Phi) is 8.72. The van der Waals surface area contributed by atoms with E-state index in [-0.39, 0.29) is 39.3 Å². The van der Waals surface area contributed by atoms with E-state index in [0.29, 0.717) is 0 Å². The number of nitrogens with zero attached hydrogens (tertiary/aromatic N) is 3. The van der Waals surface area contributed by atoms with Gasteiger partial charge in [-0.15, -0.1) is 11.3 Å². The van der Waals surface area contributed by atoms with E-state index in [1.165, 1.54) is 135 Å². The summed E-state index contributed by atoms with van der Waals surface area (Å²) in [5.41, 5.74) is 26.1. The van der Waals surface area contributed by atoms with E-state index in [9.17, 15) is 0 Å². The Morgan fingerprint density at radius 1 is 0.474 bits per heavy atom. The number of anilines is 8. The molecule has 4 nitrogen and oxygen atoms in total. The minimum Gasteiger partial charge on any atom is -0.454 e. The number of hydrogen-bond donors (Lipinski definition) is 0. The lowest BCUT2D eigenvalue weighted by Crippen LogP contribution is -2.62. The van der Waals surface area contributed by atoms with Crippen LogP contribution in [0.25, 0.3) is 42.1 Å². The maximum Gasteiger partial charge on any atom is 0.254 e. The molecule has 17 rings (SSSR count). The Labute approximate surface area is 464 Å². The first-order valence-corrected chi connectivity index (χ1v) is 30.1. The van der Waals surface area contributed by atoms with Crippen LogP contribution in [-0.4, -0.2) is 12.3 Å².